The molecule has 6 nitrogen and oxygen atoms in total. The molecule has 1 aromatic heterocycles. The topological polar surface area (TPSA) is 91.6 Å². The van der Waals surface area contributed by atoms with Gasteiger partial charge < -0.3 is 20.2 Å². The van der Waals surface area contributed by atoms with E-state index < -0.39 is 18.0 Å². The molecule has 2 aromatic rings. The van der Waals surface area contributed by atoms with Gasteiger partial charge in [0.25, 0.3) is 0 Å². The van der Waals surface area contributed by atoms with E-state index in [1.807, 2.05) is 30.3 Å². The van der Waals surface area contributed by atoms with Crippen molar-refractivity contribution in [1.29, 1.82) is 0 Å². The highest BCUT2D eigenvalue weighted by atomic mass is 16.4. The van der Waals surface area contributed by atoms with Crippen LogP contribution in [-0.2, 0) is 4.79 Å². The molecule has 0 spiro atoms. The van der Waals surface area contributed by atoms with Crippen LogP contribution in [0, 0.1) is 0 Å². The van der Waals surface area contributed by atoms with Crippen molar-refractivity contribution in [3.05, 3.63) is 36.1 Å². The molecule has 2 amide bonds. The highest BCUT2D eigenvalue weighted by molar-refractivity contribution is 5.82. The Labute approximate surface area is 115 Å². The first-order chi connectivity index (χ1) is 9.47. The number of carbonyl (C=O) groups excluding carboxylic acids is 1. The fraction of sp³-hybridized carbons (Fsp3) is 0.286. The molecular weight excluding hydrogens is 260 g/mol. The van der Waals surface area contributed by atoms with Gasteiger partial charge >= 0.3 is 12.0 Å². The third-order valence-electron chi connectivity index (χ3n) is 2.94. The highest BCUT2D eigenvalue weighted by Gasteiger charge is 2.17. The summed E-state index contributed by atoms with van der Waals surface area (Å²) in [5, 5.41) is 14.6. The fourth-order valence-electron chi connectivity index (χ4n) is 1.78. The predicted molar refractivity (Wildman–Crippen MR) is 73.4 cm³/mol. The van der Waals surface area contributed by atoms with Crippen molar-refractivity contribution in [1.82, 2.24) is 10.6 Å². The van der Waals surface area contributed by atoms with E-state index in [0.717, 1.165) is 11.0 Å². The van der Waals surface area contributed by atoms with Gasteiger partial charge in [-0.15, -0.1) is 0 Å². The molecule has 6 heteroatoms. The van der Waals surface area contributed by atoms with Gasteiger partial charge in [-0.3, -0.25) is 4.79 Å². The van der Waals surface area contributed by atoms with E-state index >= 15 is 0 Å². The van der Waals surface area contributed by atoms with Crippen LogP contribution in [0.1, 0.15) is 25.6 Å². The summed E-state index contributed by atoms with van der Waals surface area (Å²) in [4.78, 5) is 22.3. The molecule has 0 saturated heterocycles. The van der Waals surface area contributed by atoms with Gasteiger partial charge in [0.2, 0.25) is 0 Å². The number of fused-ring (bicyclic) bond motifs is 1. The van der Waals surface area contributed by atoms with Crippen LogP contribution in [0.3, 0.4) is 0 Å². The van der Waals surface area contributed by atoms with E-state index in [-0.39, 0.29) is 6.04 Å². The van der Waals surface area contributed by atoms with Crippen LogP contribution >= 0.6 is 0 Å². The van der Waals surface area contributed by atoms with Crippen molar-refractivity contribution in [3.8, 4) is 0 Å². The molecule has 0 fully saturated rings. The Bertz CT molecular complexity index is 602. The zero-order valence-electron chi connectivity index (χ0n) is 11.2. The lowest BCUT2D eigenvalue weighted by molar-refractivity contribution is -0.138. The maximum absolute atomic E-state index is 11.6. The molecule has 0 bridgehead atoms. The quantitative estimate of drug-likeness (QED) is 0.798. The summed E-state index contributed by atoms with van der Waals surface area (Å²) in [5.41, 5.74) is 0.746. The van der Waals surface area contributed by atoms with E-state index in [2.05, 4.69) is 10.6 Å². The van der Waals surface area contributed by atoms with Crippen molar-refractivity contribution in [2.24, 2.45) is 0 Å². The molecule has 0 saturated carbocycles. The molecule has 106 valence electrons. The number of carboxylic acids is 1. The minimum atomic E-state index is -1.09. The summed E-state index contributed by atoms with van der Waals surface area (Å²) in [6, 6.07) is 7.53. The first-order valence-electron chi connectivity index (χ1n) is 6.25. The Morgan fingerprint density at radius 1 is 1.20 bits per heavy atom. The molecule has 0 aliphatic rings. The van der Waals surface area contributed by atoms with Crippen LogP contribution in [0.15, 0.2) is 34.7 Å². The van der Waals surface area contributed by atoms with E-state index in [0.29, 0.717) is 5.76 Å². The third kappa shape index (κ3) is 3.09. The Morgan fingerprint density at radius 3 is 2.55 bits per heavy atom. The normalized spacial score (nSPS) is 13.7. The number of hydrogen-bond acceptors (Lipinski definition) is 3. The number of para-hydroxylation sites is 1. The number of benzene rings is 1. The highest BCUT2D eigenvalue weighted by Crippen LogP contribution is 2.23. The lowest BCUT2D eigenvalue weighted by Crippen LogP contribution is -2.45. The van der Waals surface area contributed by atoms with Crippen LogP contribution in [-0.4, -0.2) is 23.1 Å². The lowest BCUT2D eigenvalue weighted by Gasteiger charge is -2.14. The first kappa shape index (κ1) is 13.9. The number of furan rings is 1. The standard InChI is InChI=1S/C14H16N2O4/c1-8(15-14(19)16-9(2)13(17)18)12-7-10-5-3-4-6-11(10)20-12/h3-9H,1-2H3,(H,17,18)(H2,15,16,19)/t8-,9?/m1/s1. The molecular formula is C14H16N2O4. The second kappa shape index (κ2) is 5.64. The molecule has 3 N–H and O–H groups in total. The molecule has 0 aliphatic carbocycles. The molecule has 1 unspecified atom stereocenters. The van der Waals surface area contributed by atoms with Gasteiger partial charge in [-0.25, -0.2) is 4.79 Å². The van der Waals surface area contributed by atoms with E-state index in [9.17, 15) is 9.59 Å². The van der Waals surface area contributed by atoms with E-state index in [1.165, 1.54) is 6.92 Å². The number of carboxylic acid groups (broad SMARTS) is 1. The number of carbonyl (C=O) groups is 2. The molecule has 0 radical (unpaired) electrons. The Balaban J connectivity index is 2.02. The lowest BCUT2D eigenvalue weighted by atomic mass is 10.2. The van der Waals surface area contributed by atoms with Crippen molar-refractivity contribution < 1.29 is 19.1 Å². The Hall–Kier alpha value is -2.50. The van der Waals surface area contributed by atoms with Gasteiger partial charge in [0.05, 0.1) is 6.04 Å². The van der Waals surface area contributed by atoms with Gasteiger partial charge in [-0.1, -0.05) is 18.2 Å². The first-order valence-corrected chi connectivity index (χ1v) is 6.25. The maximum atomic E-state index is 11.6. The number of aliphatic carboxylic acids is 1. The largest absolute Gasteiger partial charge is 0.480 e. The number of amides is 2. The van der Waals surface area contributed by atoms with E-state index in [1.54, 1.807) is 6.92 Å². The SMILES string of the molecule is CC(NC(=O)N[C@H](C)c1cc2ccccc2o1)C(=O)O. The van der Waals surface area contributed by atoms with Crippen LogP contribution in [0.5, 0.6) is 0 Å². The van der Waals surface area contributed by atoms with Gasteiger partial charge in [-0.2, -0.15) is 0 Å². The molecule has 2 atom stereocenters. The summed E-state index contributed by atoms with van der Waals surface area (Å²) in [5.74, 6) is -0.471. The average Bonchev–Trinajstić information content (AvgIpc) is 2.82. The third-order valence-corrected chi connectivity index (χ3v) is 2.94. The predicted octanol–water partition coefficient (Wildman–Crippen LogP) is 2.27. The van der Waals surface area contributed by atoms with Crippen molar-refractivity contribution in [3.63, 3.8) is 0 Å². The summed E-state index contributed by atoms with van der Waals surface area (Å²) in [6.07, 6.45) is 0. The zero-order chi connectivity index (χ0) is 14.7. The molecule has 0 aliphatic heterocycles. The van der Waals surface area contributed by atoms with Crippen LogP contribution in [0.25, 0.3) is 11.0 Å². The van der Waals surface area contributed by atoms with E-state index in [4.69, 9.17) is 9.52 Å². The van der Waals surface area contributed by atoms with Crippen LogP contribution in [0.2, 0.25) is 0 Å². The Kier molecular flexibility index (Phi) is 3.93. The number of rotatable bonds is 4. The maximum Gasteiger partial charge on any atom is 0.325 e. The molecule has 1 heterocycles. The van der Waals surface area contributed by atoms with Crippen molar-refractivity contribution in [2.75, 3.05) is 0 Å². The summed E-state index contributed by atoms with van der Waals surface area (Å²) in [6.45, 7) is 3.16. The Morgan fingerprint density at radius 2 is 1.90 bits per heavy atom. The minimum absolute atomic E-state index is 0.358. The van der Waals surface area contributed by atoms with Gasteiger partial charge in [-0.05, 0) is 26.0 Å². The number of urea groups is 1. The summed E-state index contributed by atoms with van der Waals surface area (Å²) < 4.78 is 5.62. The second-order valence-corrected chi connectivity index (χ2v) is 4.59. The van der Waals surface area contributed by atoms with Gasteiger partial charge in [0, 0.05) is 5.39 Å². The second-order valence-electron chi connectivity index (χ2n) is 4.59. The number of nitrogens with one attached hydrogen (secondary N) is 2. The zero-order valence-corrected chi connectivity index (χ0v) is 11.2. The van der Waals surface area contributed by atoms with Crippen LogP contribution in [0.4, 0.5) is 4.79 Å². The molecule has 1 aromatic carbocycles. The van der Waals surface area contributed by atoms with Crippen molar-refractivity contribution in [2.45, 2.75) is 25.9 Å². The number of hydrogen-bond donors (Lipinski definition) is 3. The summed E-state index contributed by atoms with van der Waals surface area (Å²) in [7, 11) is 0. The molecule has 20 heavy (non-hydrogen) atoms. The van der Waals surface area contributed by atoms with Gasteiger partial charge in [0.1, 0.15) is 17.4 Å². The smallest absolute Gasteiger partial charge is 0.325 e. The minimum Gasteiger partial charge on any atom is -0.480 e. The summed E-state index contributed by atoms with van der Waals surface area (Å²) >= 11 is 0. The van der Waals surface area contributed by atoms with Gasteiger partial charge in [0.15, 0.2) is 0 Å². The fourth-order valence-corrected chi connectivity index (χ4v) is 1.78. The van der Waals surface area contributed by atoms with Crippen molar-refractivity contribution >= 4 is 23.0 Å². The average molecular weight is 276 g/mol. The van der Waals surface area contributed by atoms with Crippen LogP contribution < -0.4 is 10.6 Å². The monoisotopic (exact) mass is 276 g/mol. The molecule has 2 rings (SSSR count).